The highest BCUT2D eigenvalue weighted by atomic mass is 32.2. The zero-order valence-electron chi connectivity index (χ0n) is 12.8. The molecule has 0 radical (unpaired) electrons. The number of hydrogen-bond donors (Lipinski definition) is 2. The number of benzene rings is 1. The fourth-order valence-electron chi connectivity index (χ4n) is 2.53. The summed E-state index contributed by atoms with van der Waals surface area (Å²) in [4.78, 5) is 18.3. The van der Waals surface area contributed by atoms with E-state index in [4.69, 9.17) is 4.84 Å². The minimum absolute atomic E-state index is 0.127. The summed E-state index contributed by atoms with van der Waals surface area (Å²) in [6.07, 6.45) is 6.41. The van der Waals surface area contributed by atoms with Gasteiger partial charge in [0.25, 0.3) is 10.0 Å². The van der Waals surface area contributed by atoms with Crippen LogP contribution in [0.25, 0.3) is 0 Å². The Kier molecular flexibility index (Phi) is 6.49. The van der Waals surface area contributed by atoms with Crippen LogP contribution in [-0.4, -0.2) is 27.0 Å². The minimum atomic E-state index is -3.93. The zero-order chi connectivity index (χ0) is 16.7. The Bertz CT molecular complexity index is 611. The van der Waals surface area contributed by atoms with Crippen LogP contribution in [-0.2, 0) is 19.7 Å². The van der Waals surface area contributed by atoms with Crippen molar-refractivity contribution in [3.63, 3.8) is 0 Å². The maximum absolute atomic E-state index is 12.8. The van der Waals surface area contributed by atoms with Gasteiger partial charge in [-0.2, -0.15) is 0 Å². The first-order valence-electron chi connectivity index (χ1n) is 7.66. The largest absolute Gasteiger partial charge is 0.351 e. The summed E-state index contributed by atoms with van der Waals surface area (Å²) in [5.74, 6) is -0.897. The molecule has 0 aromatic heterocycles. The van der Waals surface area contributed by atoms with E-state index in [-0.39, 0.29) is 16.8 Å². The molecule has 0 atom stereocenters. The second kappa shape index (κ2) is 8.37. The van der Waals surface area contributed by atoms with Crippen LogP contribution < -0.4 is 10.2 Å². The van der Waals surface area contributed by atoms with Gasteiger partial charge in [-0.15, -0.1) is 0 Å². The van der Waals surface area contributed by atoms with Crippen molar-refractivity contribution in [1.29, 1.82) is 0 Å². The Labute approximate surface area is 135 Å². The lowest BCUT2D eigenvalue weighted by Gasteiger charge is -2.16. The molecule has 1 fully saturated rings. The van der Waals surface area contributed by atoms with Crippen LogP contribution in [0.4, 0.5) is 4.39 Å². The molecule has 23 heavy (non-hydrogen) atoms. The van der Waals surface area contributed by atoms with Crippen molar-refractivity contribution >= 4 is 15.9 Å². The Morgan fingerprint density at radius 1 is 1.13 bits per heavy atom. The fraction of sp³-hybridized carbons (Fsp3) is 0.533. The van der Waals surface area contributed by atoms with Gasteiger partial charge < -0.3 is 5.32 Å². The molecule has 8 heteroatoms. The van der Waals surface area contributed by atoms with Gasteiger partial charge in [0.15, 0.2) is 0 Å². The van der Waals surface area contributed by atoms with Gasteiger partial charge in [0.2, 0.25) is 5.91 Å². The first-order chi connectivity index (χ1) is 11.0. The highest BCUT2D eigenvalue weighted by Gasteiger charge is 2.17. The number of rotatable bonds is 6. The van der Waals surface area contributed by atoms with Crippen molar-refractivity contribution in [1.82, 2.24) is 10.2 Å². The van der Waals surface area contributed by atoms with E-state index in [2.05, 4.69) is 5.32 Å². The second-order valence-corrected chi connectivity index (χ2v) is 7.23. The van der Waals surface area contributed by atoms with Gasteiger partial charge in [0.1, 0.15) is 12.4 Å². The van der Waals surface area contributed by atoms with Gasteiger partial charge in [0, 0.05) is 6.04 Å². The normalized spacial score (nSPS) is 16.7. The quantitative estimate of drug-likeness (QED) is 0.609. The van der Waals surface area contributed by atoms with Crippen molar-refractivity contribution in [3.8, 4) is 0 Å². The number of nitrogens with one attached hydrogen (secondary N) is 2. The smallest absolute Gasteiger partial charge is 0.262 e. The van der Waals surface area contributed by atoms with E-state index >= 15 is 0 Å². The Balaban J connectivity index is 1.77. The number of hydrogen-bond acceptors (Lipinski definition) is 4. The van der Waals surface area contributed by atoms with Crippen LogP contribution in [0.5, 0.6) is 0 Å². The molecule has 1 aromatic rings. The van der Waals surface area contributed by atoms with E-state index in [0.717, 1.165) is 49.9 Å². The molecule has 0 unspecified atom stereocenters. The molecule has 1 amide bonds. The summed E-state index contributed by atoms with van der Waals surface area (Å²) in [5, 5.41) is 2.84. The molecule has 6 nitrogen and oxygen atoms in total. The lowest BCUT2D eigenvalue weighted by Crippen LogP contribution is -2.38. The predicted octanol–water partition coefficient (Wildman–Crippen LogP) is 1.87. The van der Waals surface area contributed by atoms with E-state index in [0.29, 0.717) is 0 Å². The molecule has 1 saturated carbocycles. The third-order valence-electron chi connectivity index (χ3n) is 3.72. The monoisotopic (exact) mass is 344 g/mol. The van der Waals surface area contributed by atoms with E-state index in [1.54, 1.807) is 0 Å². The van der Waals surface area contributed by atoms with E-state index < -0.39 is 22.4 Å². The average molecular weight is 344 g/mol. The molecular weight excluding hydrogens is 323 g/mol. The molecule has 128 valence electrons. The summed E-state index contributed by atoms with van der Waals surface area (Å²) in [7, 11) is -3.93. The first kappa shape index (κ1) is 17.8. The summed E-state index contributed by atoms with van der Waals surface area (Å²) in [5.41, 5.74) is 0. The molecule has 1 aliphatic carbocycles. The fourth-order valence-corrected chi connectivity index (χ4v) is 3.33. The lowest BCUT2D eigenvalue weighted by atomic mass is 10.1. The van der Waals surface area contributed by atoms with Crippen molar-refractivity contribution < 1.29 is 22.4 Å². The van der Waals surface area contributed by atoms with Gasteiger partial charge in [-0.1, -0.05) is 30.6 Å². The molecule has 2 rings (SSSR count). The summed E-state index contributed by atoms with van der Waals surface area (Å²) < 4.78 is 36.5. The van der Waals surface area contributed by atoms with Gasteiger partial charge >= 0.3 is 0 Å². The van der Waals surface area contributed by atoms with Crippen LogP contribution in [0.1, 0.15) is 38.5 Å². The molecule has 2 N–H and O–H groups in total. The SMILES string of the molecule is O=C(CONS(=O)(=O)c1ccc(F)cc1)NC1CCCCCC1. The summed E-state index contributed by atoms with van der Waals surface area (Å²) in [6, 6.07) is 4.43. The molecule has 0 heterocycles. The van der Waals surface area contributed by atoms with Crippen molar-refractivity contribution in [2.75, 3.05) is 6.61 Å². The zero-order valence-corrected chi connectivity index (χ0v) is 13.6. The number of amides is 1. The highest BCUT2D eigenvalue weighted by molar-refractivity contribution is 7.89. The number of sulfonamides is 1. The molecule has 0 aliphatic heterocycles. The predicted molar refractivity (Wildman–Crippen MR) is 82.3 cm³/mol. The molecule has 0 spiro atoms. The second-order valence-electron chi connectivity index (χ2n) is 5.59. The topological polar surface area (TPSA) is 84.5 Å². The molecule has 1 aliphatic rings. The van der Waals surface area contributed by atoms with Crippen LogP contribution in [0.3, 0.4) is 0 Å². The van der Waals surface area contributed by atoms with Crippen molar-refractivity contribution in [3.05, 3.63) is 30.1 Å². The first-order valence-corrected chi connectivity index (χ1v) is 9.14. The van der Waals surface area contributed by atoms with Crippen molar-refractivity contribution in [2.45, 2.75) is 49.5 Å². The average Bonchev–Trinajstić information content (AvgIpc) is 2.76. The third kappa shape index (κ3) is 5.89. The molecular formula is C15H21FN2O4S. The standard InChI is InChI=1S/C15H21FN2O4S/c16-12-7-9-14(10-8-12)23(20,21)18-22-11-15(19)17-13-5-3-1-2-4-6-13/h7-10,13,18H,1-6,11H2,(H,17,19). The summed E-state index contributed by atoms with van der Waals surface area (Å²) >= 11 is 0. The maximum Gasteiger partial charge on any atom is 0.262 e. The van der Waals surface area contributed by atoms with Crippen molar-refractivity contribution in [2.24, 2.45) is 0 Å². The van der Waals surface area contributed by atoms with Gasteiger partial charge in [-0.25, -0.2) is 12.8 Å². The van der Waals surface area contributed by atoms with Crippen LogP contribution in [0, 0.1) is 5.82 Å². The van der Waals surface area contributed by atoms with E-state index in [9.17, 15) is 17.6 Å². The minimum Gasteiger partial charge on any atom is -0.351 e. The third-order valence-corrected chi connectivity index (χ3v) is 4.95. The Hall–Kier alpha value is -1.51. The number of carbonyl (C=O) groups excluding carboxylic acids is 1. The Morgan fingerprint density at radius 2 is 1.74 bits per heavy atom. The van der Waals surface area contributed by atoms with Gasteiger partial charge in [0.05, 0.1) is 4.90 Å². The van der Waals surface area contributed by atoms with Gasteiger partial charge in [-0.3, -0.25) is 9.63 Å². The van der Waals surface area contributed by atoms with Crippen LogP contribution in [0.2, 0.25) is 0 Å². The Morgan fingerprint density at radius 3 is 2.35 bits per heavy atom. The molecule has 1 aromatic carbocycles. The van der Waals surface area contributed by atoms with Crippen LogP contribution in [0.15, 0.2) is 29.2 Å². The molecule has 0 saturated heterocycles. The lowest BCUT2D eigenvalue weighted by molar-refractivity contribution is -0.127. The maximum atomic E-state index is 12.8. The van der Waals surface area contributed by atoms with Gasteiger partial charge in [-0.05, 0) is 37.1 Å². The van der Waals surface area contributed by atoms with Crippen LogP contribution >= 0.6 is 0 Å². The number of halogens is 1. The highest BCUT2D eigenvalue weighted by Crippen LogP contribution is 2.17. The molecule has 0 bridgehead atoms. The summed E-state index contributed by atoms with van der Waals surface area (Å²) in [6.45, 7) is -0.406. The number of carbonyl (C=O) groups is 1. The van der Waals surface area contributed by atoms with E-state index in [1.807, 2.05) is 4.89 Å². The van der Waals surface area contributed by atoms with E-state index in [1.165, 1.54) is 12.8 Å².